The van der Waals surface area contributed by atoms with Crippen LogP contribution in [0.3, 0.4) is 0 Å². The lowest BCUT2D eigenvalue weighted by Crippen LogP contribution is -2.35. The summed E-state index contributed by atoms with van der Waals surface area (Å²) in [4.78, 5) is 12.9. The molecule has 0 spiro atoms. The summed E-state index contributed by atoms with van der Waals surface area (Å²) in [6, 6.07) is 8.79. The number of rotatable bonds is 4. The normalized spacial score (nSPS) is 17.8. The smallest absolute Gasteiger partial charge is 0.410 e. The van der Waals surface area contributed by atoms with Crippen molar-refractivity contribution >= 4 is 56.5 Å². The van der Waals surface area contributed by atoms with Gasteiger partial charge in [-0.15, -0.1) is 0 Å². The van der Waals surface area contributed by atoms with Crippen LogP contribution in [0.2, 0.25) is 10.0 Å². The Balaban J connectivity index is 1.70. The molecule has 0 bridgehead atoms. The fourth-order valence-electron chi connectivity index (χ4n) is 3.60. The Hall–Kier alpha value is -2.43. The Kier molecular flexibility index (Phi) is 6.52. The fourth-order valence-corrected chi connectivity index (χ4v) is 4.29. The van der Waals surface area contributed by atoms with E-state index in [1.165, 1.54) is 25.3 Å². The first-order valence-electron chi connectivity index (χ1n) is 9.60. The molecule has 0 fully saturated rings. The lowest BCUT2D eigenvalue weighted by atomic mass is 9.97. The number of fused-ring (bicyclic) bond motifs is 1. The first-order chi connectivity index (χ1) is 15.6. The second kappa shape index (κ2) is 9.08. The topological polar surface area (TPSA) is 68.2 Å². The van der Waals surface area contributed by atoms with Crippen molar-refractivity contribution in [1.29, 1.82) is 0 Å². The van der Waals surface area contributed by atoms with Gasteiger partial charge in [-0.3, -0.25) is 4.79 Å². The number of carbonyl (C=O) groups excluding carboxylic acids is 1. The van der Waals surface area contributed by atoms with E-state index in [2.05, 4.69) is 31.7 Å². The maximum atomic E-state index is 13.9. The highest BCUT2D eigenvalue weighted by Crippen LogP contribution is 2.46. The maximum absolute atomic E-state index is 13.9. The van der Waals surface area contributed by atoms with E-state index in [0.717, 1.165) is 9.15 Å². The summed E-state index contributed by atoms with van der Waals surface area (Å²) in [5.41, 5.74) is 0.566. The number of methoxy groups -OCH3 is 1. The van der Waals surface area contributed by atoms with Gasteiger partial charge in [-0.05, 0) is 29.8 Å². The van der Waals surface area contributed by atoms with Crippen LogP contribution >= 0.6 is 39.1 Å². The van der Waals surface area contributed by atoms with Gasteiger partial charge in [0.25, 0.3) is 5.91 Å². The van der Waals surface area contributed by atoms with Crippen LogP contribution in [0.4, 0.5) is 24.7 Å². The molecule has 0 saturated heterocycles. The van der Waals surface area contributed by atoms with Crippen LogP contribution in [-0.4, -0.2) is 29.0 Å². The van der Waals surface area contributed by atoms with Crippen molar-refractivity contribution in [3.8, 4) is 5.75 Å². The SMILES string of the molecule is COc1cc(Cl)ccc1NC(=O)c1nn2c(c1Cl)N[C@H](c1ccc(Br)cc1)C[C@H]2C(F)(F)F. The minimum Gasteiger partial charge on any atom is -0.495 e. The molecule has 2 heterocycles. The number of halogens is 6. The number of ether oxygens (including phenoxy) is 1. The van der Waals surface area contributed by atoms with Crippen molar-refractivity contribution in [3.63, 3.8) is 0 Å². The van der Waals surface area contributed by atoms with Gasteiger partial charge in [0.05, 0.1) is 18.8 Å². The molecular formula is C21H16BrCl2F3N4O2. The standard InChI is InChI=1S/C21H16BrCl2F3N4O2/c1-33-15-8-12(23)6-7-13(15)29-20(32)18-17(24)19-28-14(10-2-4-11(22)5-3-10)9-16(21(25,26)27)31(19)30-18/h2-8,14,16,28H,9H2,1H3,(H,29,32)/t14-,16-/m0/s1. The zero-order valence-electron chi connectivity index (χ0n) is 16.9. The lowest BCUT2D eigenvalue weighted by molar-refractivity contribution is -0.173. The van der Waals surface area contributed by atoms with Crippen molar-refractivity contribution in [2.45, 2.75) is 24.7 Å². The number of aromatic nitrogens is 2. The quantitative estimate of drug-likeness (QED) is 0.363. The van der Waals surface area contributed by atoms with Crippen molar-refractivity contribution in [1.82, 2.24) is 9.78 Å². The minimum atomic E-state index is -4.60. The predicted molar refractivity (Wildman–Crippen MR) is 123 cm³/mol. The Labute approximate surface area is 205 Å². The summed E-state index contributed by atoms with van der Waals surface area (Å²) in [6.45, 7) is 0. The highest BCUT2D eigenvalue weighted by atomic mass is 79.9. The average molecular weight is 564 g/mol. The molecule has 2 atom stereocenters. The van der Waals surface area contributed by atoms with Crippen LogP contribution in [0.25, 0.3) is 0 Å². The highest BCUT2D eigenvalue weighted by Gasteiger charge is 2.47. The Morgan fingerprint density at radius 3 is 2.58 bits per heavy atom. The number of anilines is 2. The van der Waals surface area contributed by atoms with Crippen LogP contribution in [-0.2, 0) is 0 Å². The van der Waals surface area contributed by atoms with Crippen LogP contribution < -0.4 is 15.4 Å². The number of hydrogen-bond donors (Lipinski definition) is 2. The van der Waals surface area contributed by atoms with Gasteiger partial charge in [-0.25, -0.2) is 4.68 Å². The molecule has 0 saturated carbocycles. The van der Waals surface area contributed by atoms with Crippen molar-refractivity contribution in [3.05, 3.63) is 68.2 Å². The predicted octanol–water partition coefficient (Wildman–Crippen LogP) is 6.87. The Bertz CT molecular complexity index is 1200. The second-order valence-corrected chi connectivity index (χ2v) is 9.03. The van der Waals surface area contributed by atoms with E-state index in [0.29, 0.717) is 10.6 Å². The molecule has 3 aromatic rings. The monoisotopic (exact) mass is 562 g/mol. The number of alkyl halides is 3. The Morgan fingerprint density at radius 2 is 1.94 bits per heavy atom. The third-order valence-corrected chi connectivity index (χ3v) is 6.32. The number of carbonyl (C=O) groups is 1. The molecule has 0 radical (unpaired) electrons. The summed E-state index contributed by atoms with van der Waals surface area (Å²) in [6.07, 6.45) is -4.92. The van der Waals surface area contributed by atoms with E-state index in [9.17, 15) is 18.0 Å². The molecule has 33 heavy (non-hydrogen) atoms. The molecule has 2 N–H and O–H groups in total. The van der Waals surface area contributed by atoms with E-state index in [1.54, 1.807) is 24.3 Å². The molecule has 1 amide bonds. The number of benzene rings is 2. The lowest BCUT2D eigenvalue weighted by Gasteiger charge is -2.33. The first-order valence-corrected chi connectivity index (χ1v) is 11.1. The number of nitrogens with one attached hydrogen (secondary N) is 2. The Morgan fingerprint density at radius 1 is 1.24 bits per heavy atom. The summed E-state index contributed by atoms with van der Waals surface area (Å²) >= 11 is 15.6. The average Bonchev–Trinajstić information content (AvgIpc) is 3.10. The van der Waals surface area contributed by atoms with Gasteiger partial charge in [0.2, 0.25) is 0 Å². The summed E-state index contributed by atoms with van der Waals surface area (Å²) in [5.74, 6) is -0.589. The number of amides is 1. The molecule has 4 rings (SSSR count). The molecule has 2 aromatic carbocycles. The van der Waals surface area contributed by atoms with E-state index in [-0.39, 0.29) is 34.4 Å². The molecular weight excluding hydrogens is 548 g/mol. The van der Waals surface area contributed by atoms with E-state index in [4.69, 9.17) is 27.9 Å². The number of nitrogens with zero attached hydrogens (tertiary/aromatic N) is 2. The van der Waals surface area contributed by atoms with Crippen molar-refractivity contribution < 1.29 is 22.7 Å². The molecule has 12 heteroatoms. The molecule has 6 nitrogen and oxygen atoms in total. The number of hydrogen-bond acceptors (Lipinski definition) is 4. The largest absolute Gasteiger partial charge is 0.495 e. The van der Waals surface area contributed by atoms with Gasteiger partial charge in [0.15, 0.2) is 11.7 Å². The summed E-state index contributed by atoms with van der Waals surface area (Å²) in [7, 11) is 1.39. The van der Waals surface area contributed by atoms with Crippen molar-refractivity contribution in [2.24, 2.45) is 0 Å². The molecule has 1 aromatic heterocycles. The summed E-state index contributed by atoms with van der Waals surface area (Å²) in [5, 5.41) is 9.66. The molecule has 1 aliphatic heterocycles. The maximum Gasteiger partial charge on any atom is 0.410 e. The van der Waals surface area contributed by atoms with Gasteiger partial charge in [0, 0.05) is 22.0 Å². The second-order valence-electron chi connectivity index (χ2n) is 7.30. The van der Waals surface area contributed by atoms with Crippen molar-refractivity contribution in [2.75, 3.05) is 17.7 Å². The highest BCUT2D eigenvalue weighted by molar-refractivity contribution is 9.10. The fraction of sp³-hybridized carbons (Fsp3) is 0.238. The van der Waals surface area contributed by atoms with Crippen LogP contribution in [0, 0.1) is 0 Å². The summed E-state index contributed by atoms with van der Waals surface area (Å²) < 4.78 is 48.5. The zero-order chi connectivity index (χ0) is 23.9. The van der Waals surface area contributed by atoms with Gasteiger partial charge >= 0.3 is 6.18 Å². The van der Waals surface area contributed by atoms with Crippen LogP contribution in [0.1, 0.15) is 34.6 Å². The third kappa shape index (κ3) is 4.78. The van der Waals surface area contributed by atoms with Gasteiger partial charge in [-0.2, -0.15) is 18.3 Å². The molecule has 1 aliphatic rings. The van der Waals surface area contributed by atoms with Crippen LogP contribution in [0.5, 0.6) is 5.75 Å². The van der Waals surface area contributed by atoms with E-state index < -0.39 is 24.2 Å². The van der Waals surface area contributed by atoms with E-state index in [1.807, 2.05) is 0 Å². The van der Waals surface area contributed by atoms with Gasteiger partial charge < -0.3 is 15.4 Å². The first kappa shape index (κ1) is 23.7. The van der Waals surface area contributed by atoms with E-state index >= 15 is 0 Å². The third-order valence-electron chi connectivity index (χ3n) is 5.19. The van der Waals surface area contributed by atoms with Gasteiger partial charge in [0.1, 0.15) is 16.6 Å². The molecule has 174 valence electrons. The van der Waals surface area contributed by atoms with Gasteiger partial charge in [-0.1, -0.05) is 51.3 Å². The molecule has 0 aliphatic carbocycles. The zero-order valence-corrected chi connectivity index (χ0v) is 20.0. The van der Waals surface area contributed by atoms with Crippen LogP contribution in [0.15, 0.2) is 46.9 Å². The minimum absolute atomic E-state index is 0.0774. The molecule has 0 unspecified atom stereocenters.